The second-order valence-electron chi connectivity index (χ2n) is 22.1. The number of aliphatic hydroxyl groups is 1. The molecular weight excluding hydrogens is 1000 g/mol. The van der Waals surface area contributed by atoms with Crippen LogP contribution in [0.3, 0.4) is 0 Å². The fraction of sp³-hybridized carbons (Fsp3) is 0.597. The van der Waals surface area contributed by atoms with Crippen LogP contribution in [0.15, 0.2) is 91.0 Å². The van der Waals surface area contributed by atoms with Crippen LogP contribution in [-0.2, 0) is 48.0 Å². The molecule has 438 valence electrons. The summed E-state index contributed by atoms with van der Waals surface area (Å²) in [5, 5.41) is 29.6. The standard InChI is InChI=1S/C62H96N8O9/c1-47(2)36-42-70(59(76)51(43-48-27-13-6-14-28-48)46-54(71)52(44-49-29-15-7-16-30-49)69-61(78)79-62(3,4)5)60(77)68-53(45-50-31-17-8-18-32-50)58(75)67-41-26-12-25-40-66-57(74)35-21-11-24-39-65-56(73)34-20-10-23-38-64-55(72)33-19-9-22-37-63/h6-8,13-18,27-32,47,51-54,71H,9-12,19-26,33-46,63H2,1-5H3,(H,64,72)(H,65,73)(H,66,74)(H,67,75)(H,68,77)(H,69,78)/t51-,52+,53+,54-/m1/s1. The average molecular weight is 1100 g/mol. The van der Waals surface area contributed by atoms with E-state index in [1.165, 1.54) is 4.90 Å². The lowest BCUT2D eigenvalue weighted by atomic mass is 9.88. The van der Waals surface area contributed by atoms with Gasteiger partial charge in [0.05, 0.1) is 12.1 Å². The molecule has 17 heteroatoms. The van der Waals surface area contributed by atoms with Gasteiger partial charge in [-0.2, -0.15) is 0 Å². The number of hydrogen-bond acceptors (Lipinski definition) is 10. The Morgan fingerprint density at radius 1 is 0.557 bits per heavy atom. The molecule has 0 spiro atoms. The highest BCUT2D eigenvalue weighted by Gasteiger charge is 2.35. The molecule has 0 aliphatic heterocycles. The number of nitrogens with zero attached hydrogens (tertiary/aromatic N) is 1. The average Bonchev–Trinajstić information content (AvgIpc) is 3.41. The van der Waals surface area contributed by atoms with Crippen molar-refractivity contribution < 1.29 is 43.4 Å². The fourth-order valence-electron chi connectivity index (χ4n) is 8.93. The summed E-state index contributed by atoms with van der Waals surface area (Å²) in [6.07, 6.45) is 10.2. The Labute approximate surface area is 471 Å². The highest BCUT2D eigenvalue weighted by atomic mass is 16.6. The molecule has 3 aromatic rings. The first-order valence-electron chi connectivity index (χ1n) is 29.1. The van der Waals surface area contributed by atoms with Crippen LogP contribution in [0.5, 0.6) is 0 Å². The van der Waals surface area contributed by atoms with E-state index in [9.17, 15) is 38.7 Å². The van der Waals surface area contributed by atoms with E-state index < -0.39 is 53.6 Å². The maximum atomic E-state index is 15.0. The van der Waals surface area contributed by atoms with E-state index in [1.54, 1.807) is 20.8 Å². The van der Waals surface area contributed by atoms with Gasteiger partial charge in [0.1, 0.15) is 11.6 Å². The molecule has 0 fully saturated rings. The number of carbonyl (C=O) groups is 7. The number of carbonyl (C=O) groups excluding carboxylic acids is 7. The number of aliphatic hydroxyl groups excluding tert-OH is 1. The summed E-state index contributed by atoms with van der Waals surface area (Å²) in [6.45, 7) is 12.0. The molecule has 17 nitrogen and oxygen atoms in total. The van der Waals surface area contributed by atoms with Crippen molar-refractivity contribution >= 4 is 41.7 Å². The Balaban J connectivity index is 1.52. The first kappa shape index (κ1) is 66.9. The largest absolute Gasteiger partial charge is 0.444 e. The van der Waals surface area contributed by atoms with Crippen molar-refractivity contribution in [3.63, 3.8) is 0 Å². The lowest BCUT2D eigenvalue weighted by Gasteiger charge is -2.32. The third kappa shape index (κ3) is 31.2. The van der Waals surface area contributed by atoms with Crippen molar-refractivity contribution in [2.75, 3.05) is 39.3 Å². The van der Waals surface area contributed by atoms with Crippen LogP contribution >= 0.6 is 0 Å². The monoisotopic (exact) mass is 1100 g/mol. The third-order valence-corrected chi connectivity index (χ3v) is 13.4. The molecule has 3 aromatic carbocycles. The Morgan fingerprint density at radius 3 is 1.44 bits per heavy atom. The smallest absolute Gasteiger partial charge is 0.407 e. The summed E-state index contributed by atoms with van der Waals surface area (Å²) in [4.78, 5) is 94.4. The lowest BCUT2D eigenvalue weighted by molar-refractivity contribution is -0.134. The molecule has 9 N–H and O–H groups in total. The van der Waals surface area contributed by atoms with Crippen LogP contribution in [0.25, 0.3) is 0 Å². The SMILES string of the molecule is CC(C)CCN(C(=O)N[C@@H](Cc1ccccc1)C(=O)NCCCCCNC(=O)CCCCCNC(=O)CCCCCNC(=O)CCCCCN)C(=O)[C@H](Cc1ccccc1)C[C@@H](O)[C@H](Cc1ccccc1)NC(=O)OC(C)(C)C. The number of ether oxygens (including phenoxy) is 1. The Morgan fingerprint density at radius 2 is 0.987 bits per heavy atom. The van der Waals surface area contributed by atoms with Gasteiger partial charge in [-0.25, -0.2) is 9.59 Å². The van der Waals surface area contributed by atoms with Crippen LogP contribution in [0.2, 0.25) is 0 Å². The fourth-order valence-corrected chi connectivity index (χ4v) is 8.93. The second-order valence-corrected chi connectivity index (χ2v) is 22.1. The lowest BCUT2D eigenvalue weighted by Crippen LogP contribution is -2.55. The predicted molar refractivity (Wildman–Crippen MR) is 312 cm³/mol. The number of unbranched alkanes of at least 4 members (excludes halogenated alkanes) is 8. The van der Waals surface area contributed by atoms with E-state index in [4.69, 9.17) is 10.5 Å². The third-order valence-electron chi connectivity index (χ3n) is 13.4. The van der Waals surface area contributed by atoms with Gasteiger partial charge in [-0.15, -0.1) is 0 Å². The molecule has 0 saturated carbocycles. The summed E-state index contributed by atoms with van der Waals surface area (Å²) >= 11 is 0. The molecule has 0 saturated heterocycles. The van der Waals surface area contributed by atoms with E-state index in [-0.39, 0.29) is 55.9 Å². The molecule has 4 atom stereocenters. The summed E-state index contributed by atoms with van der Waals surface area (Å²) in [6, 6.07) is 25.6. The number of nitrogens with one attached hydrogen (secondary N) is 6. The molecule has 0 radical (unpaired) electrons. The number of nitrogens with two attached hydrogens (primary N) is 1. The zero-order chi connectivity index (χ0) is 57.7. The predicted octanol–water partition coefficient (Wildman–Crippen LogP) is 8.20. The minimum atomic E-state index is -1.22. The van der Waals surface area contributed by atoms with Crippen molar-refractivity contribution in [2.45, 2.75) is 187 Å². The number of amides is 8. The molecule has 0 unspecified atom stereocenters. The normalized spacial score (nSPS) is 12.8. The highest BCUT2D eigenvalue weighted by molar-refractivity contribution is 5.97. The Bertz CT molecular complexity index is 2210. The summed E-state index contributed by atoms with van der Waals surface area (Å²) in [5.74, 6) is -1.59. The first-order chi connectivity index (χ1) is 37.9. The minimum absolute atomic E-state index is 0.0212. The van der Waals surface area contributed by atoms with Crippen LogP contribution in [0.4, 0.5) is 9.59 Å². The van der Waals surface area contributed by atoms with Crippen molar-refractivity contribution in [3.8, 4) is 0 Å². The molecule has 0 aliphatic rings. The summed E-state index contributed by atoms with van der Waals surface area (Å²) in [7, 11) is 0. The molecule has 0 aromatic heterocycles. The van der Waals surface area contributed by atoms with E-state index in [1.807, 2.05) is 105 Å². The molecule has 0 heterocycles. The number of hydrogen-bond donors (Lipinski definition) is 8. The maximum Gasteiger partial charge on any atom is 0.407 e. The van der Waals surface area contributed by atoms with Gasteiger partial charge in [-0.05, 0) is 133 Å². The highest BCUT2D eigenvalue weighted by Crippen LogP contribution is 2.23. The van der Waals surface area contributed by atoms with Gasteiger partial charge < -0.3 is 47.5 Å². The number of benzene rings is 3. The van der Waals surface area contributed by atoms with Gasteiger partial charge in [0, 0.05) is 64.3 Å². The van der Waals surface area contributed by atoms with Gasteiger partial charge >= 0.3 is 12.1 Å². The zero-order valence-electron chi connectivity index (χ0n) is 48.2. The number of urea groups is 1. The maximum absolute atomic E-state index is 15.0. The molecule has 79 heavy (non-hydrogen) atoms. The quantitative estimate of drug-likeness (QED) is 0.0254. The Kier molecular flexibility index (Phi) is 33.1. The molecule has 3 rings (SSSR count). The van der Waals surface area contributed by atoms with Gasteiger partial charge in [0.2, 0.25) is 29.5 Å². The Hall–Kier alpha value is -6.33. The molecule has 8 amide bonds. The number of imide groups is 1. The van der Waals surface area contributed by atoms with Crippen LogP contribution in [0.1, 0.15) is 160 Å². The van der Waals surface area contributed by atoms with E-state index in [0.29, 0.717) is 64.8 Å². The van der Waals surface area contributed by atoms with Crippen molar-refractivity contribution in [1.82, 2.24) is 36.8 Å². The molecule has 0 bridgehead atoms. The van der Waals surface area contributed by atoms with Crippen molar-refractivity contribution in [1.29, 1.82) is 0 Å². The van der Waals surface area contributed by atoms with E-state index in [2.05, 4.69) is 31.9 Å². The molecule has 0 aliphatic carbocycles. The van der Waals surface area contributed by atoms with Crippen LogP contribution in [0, 0.1) is 11.8 Å². The van der Waals surface area contributed by atoms with Gasteiger partial charge in [0.15, 0.2) is 0 Å². The van der Waals surface area contributed by atoms with Gasteiger partial charge in [0.25, 0.3) is 0 Å². The number of alkyl carbamates (subject to hydrolysis) is 1. The number of rotatable bonds is 39. The summed E-state index contributed by atoms with van der Waals surface area (Å²) in [5.41, 5.74) is 7.21. The molecular formula is C62H96N8O9. The topological polar surface area (TPSA) is 250 Å². The van der Waals surface area contributed by atoms with E-state index in [0.717, 1.165) is 87.3 Å². The zero-order valence-corrected chi connectivity index (χ0v) is 48.2. The van der Waals surface area contributed by atoms with Gasteiger partial charge in [-0.1, -0.05) is 124 Å². The van der Waals surface area contributed by atoms with Crippen LogP contribution < -0.4 is 37.6 Å². The van der Waals surface area contributed by atoms with Crippen molar-refractivity contribution in [2.24, 2.45) is 17.6 Å². The second kappa shape index (κ2) is 39.1. The van der Waals surface area contributed by atoms with Crippen molar-refractivity contribution in [3.05, 3.63) is 108 Å². The van der Waals surface area contributed by atoms with Crippen LogP contribution in [-0.4, -0.2) is 115 Å². The first-order valence-corrected chi connectivity index (χ1v) is 29.1. The summed E-state index contributed by atoms with van der Waals surface area (Å²) < 4.78 is 5.58. The van der Waals surface area contributed by atoms with Gasteiger partial charge in [-0.3, -0.25) is 28.9 Å². The minimum Gasteiger partial charge on any atom is -0.444 e. The van der Waals surface area contributed by atoms with E-state index >= 15 is 0 Å².